The number of fused-ring (bicyclic) bond motifs is 1. The highest BCUT2D eigenvalue weighted by Gasteiger charge is 2.24. The van der Waals surface area contributed by atoms with Crippen LogP contribution in [0.1, 0.15) is 15.9 Å². The van der Waals surface area contributed by atoms with E-state index in [0.29, 0.717) is 18.0 Å². The van der Waals surface area contributed by atoms with Crippen molar-refractivity contribution in [2.75, 3.05) is 11.9 Å². The van der Waals surface area contributed by atoms with Crippen molar-refractivity contribution in [2.45, 2.75) is 17.4 Å². The first-order valence-electron chi connectivity index (χ1n) is 7.23. The zero-order chi connectivity index (χ0) is 17.3. The summed E-state index contributed by atoms with van der Waals surface area (Å²) in [6.07, 6.45) is 0.413. The minimum Gasteiger partial charge on any atom is -0.478 e. The molecule has 1 unspecified atom stereocenters. The molecule has 1 heterocycles. The molecular formula is C16H15ClN2O4S. The van der Waals surface area contributed by atoms with Crippen molar-refractivity contribution >= 4 is 33.3 Å². The highest BCUT2D eigenvalue weighted by Crippen LogP contribution is 2.24. The number of hydrogen-bond acceptors (Lipinski definition) is 4. The molecule has 0 saturated carbocycles. The molecule has 0 spiro atoms. The summed E-state index contributed by atoms with van der Waals surface area (Å²) in [7, 11) is -3.67. The van der Waals surface area contributed by atoms with Gasteiger partial charge >= 0.3 is 5.97 Å². The van der Waals surface area contributed by atoms with Crippen LogP contribution < -0.4 is 10.0 Å². The molecule has 0 saturated heterocycles. The summed E-state index contributed by atoms with van der Waals surface area (Å²) in [6.45, 7) is 0.423. The minimum atomic E-state index is -3.67. The van der Waals surface area contributed by atoms with Gasteiger partial charge in [-0.1, -0.05) is 11.6 Å². The quantitative estimate of drug-likeness (QED) is 0.772. The molecule has 0 radical (unpaired) electrons. The third-order valence-corrected chi connectivity index (χ3v) is 5.59. The van der Waals surface area contributed by atoms with Gasteiger partial charge in [0.05, 0.1) is 10.5 Å². The molecule has 3 N–H and O–H groups in total. The number of sulfonamides is 1. The molecule has 0 amide bonds. The Morgan fingerprint density at radius 3 is 2.58 bits per heavy atom. The smallest absolute Gasteiger partial charge is 0.335 e. The monoisotopic (exact) mass is 366 g/mol. The molecular weight excluding hydrogens is 352 g/mol. The highest BCUT2D eigenvalue weighted by molar-refractivity contribution is 7.89. The van der Waals surface area contributed by atoms with Crippen LogP contribution in [-0.4, -0.2) is 32.1 Å². The SMILES string of the molecule is O=C(O)c1ccc2c(c1)CC(NS(=O)(=O)c1ccc(Cl)cc1)CN2. The first-order valence-corrected chi connectivity index (χ1v) is 9.09. The van der Waals surface area contributed by atoms with E-state index in [0.717, 1.165) is 11.3 Å². The molecule has 0 fully saturated rings. The van der Waals surface area contributed by atoms with E-state index in [1.165, 1.54) is 30.3 Å². The minimum absolute atomic E-state index is 0.136. The number of carboxylic acid groups (broad SMARTS) is 1. The summed E-state index contributed by atoms with van der Waals surface area (Å²) in [4.78, 5) is 11.2. The molecule has 3 rings (SSSR count). The second-order valence-electron chi connectivity index (χ2n) is 5.53. The van der Waals surface area contributed by atoms with Crippen molar-refractivity contribution < 1.29 is 18.3 Å². The molecule has 0 aromatic heterocycles. The summed E-state index contributed by atoms with van der Waals surface area (Å²) < 4.78 is 27.5. The lowest BCUT2D eigenvalue weighted by molar-refractivity contribution is 0.0696. The maximum atomic E-state index is 12.4. The number of hydrogen-bond donors (Lipinski definition) is 3. The van der Waals surface area contributed by atoms with E-state index >= 15 is 0 Å². The standard InChI is InChI=1S/C16H15ClN2O4S/c17-12-2-4-14(5-3-12)24(22,23)19-13-8-11-7-10(16(20)21)1-6-15(11)18-9-13/h1-7,13,18-19H,8-9H2,(H,20,21). The van der Waals surface area contributed by atoms with Gasteiger partial charge in [-0.05, 0) is 54.4 Å². The zero-order valence-electron chi connectivity index (χ0n) is 12.5. The van der Waals surface area contributed by atoms with E-state index in [9.17, 15) is 13.2 Å². The van der Waals surface area contributed by atoms with Crippen molar-refractivity contribution in [1.29, 1.82) is 0 Å². The van der Waals surface area contributed by atoms with Gasteiger partial charge in [0.2, 0.25) is 10.0 Å². The van der Waals surface area contributed by atoms with Crippen molar-refractivity contribution in [3.05, 3.63) is 58.6 Å². The number of carboxylic acids is 1. The largest absolute Gasteiger partial charge is 0.478 e. The molecule has 1 aliphatic rings. The van der Waals surface area contributed by atoms with Crippen molar-refractivity contribution in [3.8, 4) is 0 Å². The Morgan fingerprint density at radius 2 is 1.92 bits per heavy atom. The molecule has 0 aliphatic carbocycles. The first kappa shape index (κ1) is 16.8. The van der Waals surface area contributed by atoms with Crippen LogP contribution in [0.25, 0.3) is 0 Å². The van der Waals surface area contributed by atoms with Crippen molar-refractivity contribution in [3.63, 3.8) is 0 Å². The van der Waals surface area contributed by atoms with Crippen molar-refractivity contribution in [2.24, 2.45) is 0 Å². The van der Waals surface area contributed by atoms with Gasteiger partial charge in [0.15, 0.2) is 0 Å². The average Bonchev–Trinajstić information content (AvgIpc) is 2.54. The third kappa shape index (κ3) is 3.53. The molecule has 8 heteroatoms. The number of anilines is 1. The zero-order valence-corrected chi connectivity index (χ0v) is 14.1. The van der Waals surface area contributed by atoms with Gasteiger partial charge < -0.3 is 10.4 Å². The molecule has 0 bridgehead atoms. The highest BCUT2D eigenvalue weighted by atomic mass is 35.5. The Bertz CT molecular complexity index is 881. The molecule has 1 aliphatic heterocycles. The van der Waals surface area contributed by atoms with Gasteiger partial charge in [-0.3, -0.25) is 0 Å². The van der Waals surface area contributed by atoms with E-state index in [2.05, 4.69) is 10.0 Å². The maximum absolute atomic E-state index is 12.4. The number of rotatable bonds is 4. The average molecular weight is 367 g/mol. The van der Waals surface area contributed by atoms with Crippen LogP contribution in [0.4, 0.5) is 5.69 Å². The molecule has 6 nitrogen and oxygen atoms in total. The van der Waals surface area contributed by atoms with E-state index in [-0.39, 0.29) is 16.5 Å². The van der Waals surface area contributed by atoms with Gasteiger partial charge in [0.1, 0.15) is 0 Å². The van der Waals surface area contributed by atoms with E-state index in [1.807, 2.05) is 0 Å². The normalized spacial score (nSPS) is 17.0. The summed E-state index contributed by atoms with van der Waals surface area (Å²) in [5.74, 6) is -1.01. The van der Waals surface area contributed by atoms with Crippen LogP contribution in [0.15, 0.2) is 47.4 Å². The lowest BCUT2D eigenvalue weighted by atomic mass is 9.98. The van der Waals surface area contributed by atoms with Gasteiger partial charge in [0, 0.05) is 23.3 Å². The topological polar surface area (TPSA) is 95.5 Å². The molecule has 24 heavy (non-hydrogen) atoms. The van der Waals surface area contributed by atoms with Gasteiger partial charge in [-0.2, -0.15) is 0 Å². The van der Waals surface area contributed by atoms with E-state index in [4.69, 9.17) is 16.7 Å². The van der Waals surface area contributed by atoms with Crippen molar-refractivity contribution in [1.82, 2.24) is 4.72 Å². The number of benzene rings is 2. The van der Waals surface area contributed by atoms with Crippen LogP contribution in [-0.2, 0) is 16.4 Å². The van der Waals surface area contributed by atoms with E-state index < -0.39 is 16.0 Å². The Balaban J connectivity index is 1.79. The second kappa shape index (κ2) is 6.43. The van der Waals surface area contributed by atoms with Crippen LogP contribution in [0, 0.1) is 0 Å². The second-order valence-corrected chi connectivity index (χ2v) is 7.68. The van der Waals surface area contributed by atoms with Crippen LogP contribution in [0.5, 0.6) is 0 Å². The number of aromatic carboxylic acids is 1. The van der Waals surface area contributed by atoms with Crippen LogP contribution in [0.3, 0.4) is 0 Å². The number of halogens is 1. The Labute approximate surface area is 144 Å². The Morgan fingerprint density at radius 1 is 1.21 bits per heavy atom. The molecule has 126 valence electrons. The predicted molar refractivity (Wildman–Crippen MR) is 91.2 cm³/mol. The molecule has 1 atom stereocenters. The van der Waals surface area contributed by atoms with E-state index in [1.54, 1.807) is 12.1 Å². The fourth-order valence-corrected chi connectivity index (χ4v) is 3.99. The fourth-order valence-electron chi connectivity index (χ4n) is 2.62. The Kier molecular flexibility index (Phi) is 4.49. The van der Waals surface area contributed by atoms with Crippen LogP contribution in [0.2, 0.25) is 5.02 Å². The Hall–Kier alpha value is -2.09. The van der Waals surface area contributed by atoms with Gasteiger partial charge in [0.25, 0.3) is 0 Å². The third-order valence-electron chi connectivity index (χ3n) is 3.80. The molecule has 2 aromatic carbocycles. The lowest BCUT2D eigenvalue weighted by Gasteiger charge is -2.27. The lowest BCUT2D eigenvalue weighted by Crippen LogP contribution is -2.43. The predicted octanol–water partition coefficient (Wildman–Crippen LogP) is 2.35. The summed E-state index contributed by atoms with van der Waals surface area (Å²) >= 11 is 5.78. The van der Waals surface area contributed by atoms with Gasteiger partial charge in [-0.25, -0.2) is 17.9 Å². The summed E-state index contributed by atoms with van der Waals surface area (Å²) in [5, 5.41) is 12.6. The number of carbonyl (C=O) groups is 1. The molecule has 2 aromatic rings. The first-order chi connectivity index (χ1) is 11.3. The summed E-state index contributed by atoms with van der Waals surface area (Å²) in [6, 6.07) is 10.3. The maximum Gasteiger partial charge on any atom is 0.335 e. The number of nitrogens with one attached hydrogen (secondary N) is 2. The summed E-state index contributed by atoms with van der Waals surface area (Å²) in [5.41, 5.74) is 1.77. The van der Waals surface area contributed by atoms with Crippen LogP contribution >= 0.6 is 11.6 Å². The fraction of sp³-hybridized carbons (Fsp3) is 0.188. The van der Waals surface area contributed by atoms with Gasteiger partial charge in [-0.15, -0.1) is 0 Å².